The zero-order valence-electron chi connectivity index (χ0n) is 21.6. The van der Waals surface area contributed by atoms with E-state index < -0.39 is 57.7 Å². The maximum atomic E-state index is 12.7. The highest BCUT2D eigenvalue weighted by Gasteiger charge is 2.31. The van der Waals surface area contributed by atoms with E-state index in [1.54, 1.807) is 0 Å². The van der Waals surface area contributed by atoms with Crippen LogP contribution in [0.15, 0.2) is 70.3 Å². The van der Waals surface area contributed by atoms with Gasteiger partial charge in [-0.3, -0.25) is 9.59 Å². The predicted molar refractivity (Wildman–Crippen MR) is 138 cm³/mol. The van der Waals surface area contributed by atoms with Gasteiger partial charge < -0.3 is 20.2 Å². The van der Waals surface area contributed by atoms with Crippen molar-refractivity contribution in [2.75, 3.05) is 0 Å². The Hall–Kier alpha value is -5.14. The number of benzene rings is 2. The monoisotopic (exact) mass is 594 g/mol. The van der Waals surface area contributed by atoms with Gasteiger partial charge in [-0.1, -0.05) is 24.3 Å². The lowest BCUT2D eigenvalue weighted by Gasteiger charge is -2.10. The molecule has 2 aromatic heterocycles. The first kappa shape index (κ1) is 31.4. The van der Waals surface area contributed by atoms with Gasteiger partial charge in [0.15, 0.2) is 0 Å². The number of alkyl halides is 6. The van der Waals surface area contributed by atoms with Gasteiger partial charge in [-0.15, -0.1) is 0 Å². The number of H-pyrrole nitrogens is 2. The molecular weight excluding hydrogens is 574 g/mol. The van der Waals surface area contributed by atoms with Gasteiger partial charge in [-0.2, -0.15) is 26.3 Å². The van der Waals surface area contributed by atoms with Crippen molar-refractivity contribution in [2.24, 2.45) is 0 Å². The third kappa shape index (κ3) is 7.13. The quantitative estimate of drug-likeness (QED) is 0.210. The molecule has 14 heteroatoms. The second kappa shape index (κ2) is 11.8. The van der Waals surface area contributed by atoms with E-state index in [9.17, 15) is 45.5 Å². The van der Waals surface area contributed by atoms with E-state index in [0.717, 1.165) is 24.3 Å². The van der Waals surface area contributed by atoms with Crippen LogP contribution in [0.4, 0.5) is 26.3 Å². The predicted octanol–water partition coefficient (Wildman–Crippen LogP) is 6.13. The van der Waals surface area contributed by atoms with Crippen molar-refractivity contribution in [3.63, 3.8) is 0 Å². The molecule has 4 N–H and O–H groups in total. The highest BCUT2D eigenvalue weighted by Crippen LogP contribution is 2.33. The van der Waals surface area contributed by atoms with E-state index in [4.69, 9.17) is 10.2 Å². The van der Waals surface area contributed by atoms with E-state index in [-0.39, 0.29) is 33.6 Å². The fourth-order valence-electron chi connectivity index (χ4n) is 3.95. The third-order valence-corrected chi connectivity index (χ3v) is 5.89. The maximum absolute atomic E-state index is 12.7. The Bertz CT molecular complexity index is 1660. The van der Waals surface area contributed by atoms with E-state index >= 15 is 0 Å². The Kier molecular flexibility index (Phi) is 8.79. The molecule has 0 saturated heterocycles. The van der Waals surface area contributed by atoms with Crippen LogP contribution >= 0.6 is 0 Å². The van der Waals surface area contributed by atoms with Gasteiger partial charge in [-0.25, -0.2) is 9.59 Å². The Morgan fingerprint density at radius 2 is 0.952 bits per heavy atom. The van der Waals surface area contributed by atoms with E-state index in [1.807, 2.05) is 0 Å². The van der Waals surface area contributed by atoms with E-state index in [1.165, 1.54) is 50.2 Å². The van der Waals surface area contributed by atoms with Crippen LogP contribution in [0.1, 0.15) is 43.0 Å². The molecule has 0 aliphatic carbocycles. The first-order valence-corrected chi connectivity index (χ1v) is 11.7. The zero-order chi connectivity index (χ0) is 31.6. The van der Waals surface area contributed by atoms with Crippen molar-refractivity contribution >= 4 is 11.9 Å². The minimum atomic E-state index is -4.49. The average Bonchev–Trinajstić information content (AvgIpc) is 2.87. The Morgan fingerprint density at radius 3 is 1.21 bits per heavy atom. The molecule has 0 spiro atoms. The molecular formula is C28H20F6N2O6. The number of aromatic nitrogens is 2. The molecule has 2 aromatic carbocycles. The fraction of sp³-hybridized carbons (Fsp3) is 0.143. The number of aryl methyl sites for hydroxylation is 2. The average molecular weight is 594 g/mol. The molecule has 0 bridgehead atoms. The molecule has 0 unspecified atom stereocenters. The maximum Gasteiger partial charge on any atom is 0.416 e. The lowest BCUT2D eigenvalue weighted by atomic mass is 10.0. The molecule has 0 saturated carbocycles. The van der Waals surface area contributed by atoms with Crippen molar-refractivity contribution in [1.29, 1.82) is 0 Å². The lowest BCUT2D eigenvalue weighted by Crippen LogP contribution is -2.19. The molecule has 4 aromatic rings. The minimum Gasteiger partial charge on any atom is -0.477 e. The highest BCUT2D eigenvalue weighted by molar-refractivity contribution is 5.90. The van der Waals surface area contributed by atoms with E-state index in [2.05, 4.69) is 9.97 Å². The minimum absolute atomic E-state index is 0.133. The number of nitrogens with one attached hydrogen (secondary N) is 2. The summed E-state index contributed by atoms with van der Waals surface area (Å²) < 4.78 is 76.0. The van der Waals surface area contributed by atoms with Crippen molar-refractivity contribution in [1.82, 2.24) is 9.97 Å². The van der Waals surface area contributed by atoms with Gasteiger partial charge in [0.1, 0.15) is 11.1 Å². The van der Waals surface area contributed by atoms with Gasteiger partial charge in [0, 0.05) is 11.4 Å². The van der Waals surface area contributed by atoms with Crippen LogP contribution in [0.3, 0.4) is 0 Å². The lowest BCUT2D eigenvalue weighted by molar-refractivity contribution is -0.138. The number of carboxylic acid groups (broad SMARTS) is 2. The molecule has 2 heterocycles. The van der Waals surface area contributed by atoms with Gasteiger partial charge in [0.05, 0.1) is 11.1 Å². The summed E-state index contributed by atoms with van der Waals surface area (Å²) in [5.74, 6) is -2.77. The molecule has 220 valence electrons. The molecule has 42 heavy (non-hydrogen) atoms. The molecule has 0 atom stereocenters. The van der Waals surface area contributed by atoms with Gasteiger partial charge in [0.25, 0.3) is 11.1 Å². The highest BCUT2D eigenvalue weighted by atomic mass is 19.4. The normalized spacial score (nSPS) is 11.4. The fourth-order valence-corrected chi connectivity index (χ4v) is 3.95. The summed E-state index contributed by atoms with van der Waals surface area (Å²) in [6.07, 6.45) is -8.99. The third-order valence-electron chi connectivity index (χ3n) is 5.89. The van der Waals surface area contributed by atoms with Crippen molar-refractivity contribution in [3.8, 4) is 22.5 Å². The van der Waals surface area contributed by atoms with Crippen LogP contribution in [-0.4, -0.2) is 32.1 Å². The van der Waals surface area contributed by atoms with Crippen LogP contribution < -0.4 is 11.1 Å². The van der Waals surface area contributed by atoms with Gasteiger partial charge in [-0.05, 0) is 72.5 Å². The SMILES string of the molecule is Cc1cc(-c2cccc(C(F)(F)F)c2)[nH]c(=O)c1C(=O)O.Cc1cc(-c2cccc(C(F)(F)F)c2)[nH]c(=O)c1C(=O)O. The molecule has 0 aliphatic heterocycles. The van der Waals surface area contributed by atoms with Gasteiger partial charge >= 0.3 is 24.3 Å². The number of hydrogen-bond acceptors (Lipinski definition) is 4. The summed E-state index contributed by atoms with van der Waals surface area (Å²) in [6.45, 7) is 2.83. The largest absolute Gasteiger partial charge is 0.477 e. The summed E-state index contributed by atoms with van der Waals surface area (Å²) >= 11 is 0. The molecule has 0 fully saturated rings. The van der Waals surface area contributed by atoms with Crippen LogP contribution in [-0.2, 0) is 12.4 Å². The number of carbonyl (C=O) groups is 2. The summed E-state index contributed by atoms with van der Waals surface area (Å²) in [4.78, 5) is 49.8. The second-order valence-electron chi connectivity index (χ2n) is 8.91. The van der Waals surface area contributed by atoms with Crippen molar-refractivity contribution < 1.29 is 46.1 Å². The number of halogens is 6. The number of hydrogen-bond donors (Lipinski definition) is 4. The standard InChI is InChI=1S/2C14H10F3NO3/c2*1-7-5-10(18-12(19)11(7)13(20)21)8-3-2-4-9(6-8)14(15,16)17/h2*2-6H,1H3,(H,18,19)(H,20,21). The number of aromatic carboxylic acids is 2. The van der Waals surface area contributed by atoms with Crippen LogP contribution in [0, 0.1) is 13.8 Å². The van der Waals surface area contributed by atoms with Gasteiger partial charge in [0.2, 0.25) is 0 Å². The second-order valence-corrected chi connectivity index (χ2v) is 8.91. The van der Waals surface area contributed by atoms with Crippen LogP contribution in [0.25, 0.3) is 22.5 Å². The van der Waals surface area contributed by atoms with Crippen LogP contribution in [0.2, 0.25) is 0 Å². The Morgan fingerprint density at radius 1 is 0.619 bits per heavy atom. The smallest absolute Gasteiger partial charge is 0.416 e. The number of rotatable bonds is 4. The summed E-state index contributed by atoms with van der Waals surface area (Å²) in [6, 6.07) is 11.5. The molecule has 0 aliphatic rings. The summed E-state index contributed by atoms with van der Waals surface area (Å²) in [5.41, 5.74) is -3.31. The Labute approximate surface area is 231 Å². The van der Waals surface area contributed by atoms with Crippen molar-refractivity contribution in [2.45, 2.75) is 26.2 Å². The van der Waals surface area contributed by atoms with E-state index in [0.29, 0.717) is 0 Å². The summed E-state index contributed by atoms with van der Waals surface area (Å²) in [5, 5.41) is 17.8. The zero-order valence-corrected chi connectivity index (χ0v) is 21.6. The van der Waals surface area contributed by atoms with Crippen molar-refractivity contribution in [3.05, 3.63) is 115 Å². The topological polar surface area (TPSA) is 140 Å². The summed E-state index contributed by atoms with van der Waals surface area (Å²) in [7, 11) is 0. The van der Waals surface area contributed by atoms with Crippen LogP contribution in [0.5, 0.6) is 0 Å². The first-order valence-electron chi connectivity index (χ1n) is 11.7. The first-order chi connectivity index (χ1) is 19.4. The number of aromatic amines is 2. The molecule has 0 radical (unpaired) electrons. The molecule has 0 amide bonds. The molecule has 8 nitrogen and oxygen atoms in total. The number of pyridine rings is 2. The number of carboxylic acids is 2. The molecule has 4 rings (SSSR count). The Balaban J connectivity index is 0.000000230.